The van der Waals surface area contributed by atoms with Crippen LogP contribution in [0.4, 0.5) is 11.4 Å². The standard InChI is InChI=1S/C15H13ClN2O3/c16-11-5-9(1-3-13(11)19)7-17-10-2-4-14-12(6-10)18-15(20)8-21-14/h1-6,17,19H,7-8H2,(H,18,20). The number of aromatic hydroxyl groups is 1. The molecule has 1 aliphatic heterocycles. The Labute approximate surface area is 126 Å². The van der Waals surface area contributed by atoms with Crippen molar-refractivity contribution in [2.75, 3.05) is 17.2 Å². The van der Waals surface area contributed by atoms with E-state index in [1.54, 1.807) is 24.3 Å². The molecule has 0 atom stereocenters. The monoisotopic (exact) mass is 304 g/mol. The fourth-order valence-electron chi connectivity index (χ4n) is 2.06. The molecule has 1 amide bonds. The molecule has 0 unspecified atom stereocenters. The van der Waals surface area contributed by atoms with Crippen molar-refractivity contribution in [3.8, 4) is 11.5 Å². The number of hydrogen-bond acceptors (Lipinski definition) is 4. The van der Waals surface area contributed by atoms with E-state index in [0.29, 0.717) is 23.0 Å². The Morgan fingerprint density at radius 1 is 1.29 bits per heavy atom. The number of carbonyl (C=O) groups excluding carboxylic acids is 1. The Hall–Kier alpha value is -2.40. The van der Waals surface area contributed by atoms with Crippen LogP contribution in [0.15, 0.2) is 36.4 Å². The highest BCUT2D eigenvalue weighted by Gasteiger charge is 2.15. The van der Waals surface area contributed by atoms with Crippen molar-refractivity contribution in [1.29, 1.82) is 0 Å². The molecular formula is C15H13ClN2O3. The first kappa shape index (κ1) is 13.6. The second-order valence-electron chi connectivity index (χ2n) is 4.69. The fraction of sp³-hybridized carbons (Fsp3) is 0.133. The maximum Gasteiger partial charge on any atom is 0.262 e. The highest BCUT2D eigenvalue weighted by Crippen LogP contribution is 2.31. The van der Waals surface area contributed by atoms with Crippen molar-refractivity contribution < 1.29 is 14.6 Å². The average Bonchev–Trinajstić information content (AvgIpc) is 2.48. The van der Waals surface area contributed by atoms with Crippen LogP contribution >= 0.6 is 11.6 Å². The van der Waals surface area contributed by atoms with Crippen LogP contribution < -0.4 is 15.4 Å². The summed E-state index contributed by atoms with van der Waals surface area (Å²) >= 11 is 5.86. The van der Waals surface area contributed by atoms with E-state index in [4.69, 9.17) is 16.3 Å². The van der Waals surface area contributed by atoms with Crippen LogP contribution in [-0.4, -0.2) is 17.6 Å². The minimum Gasteiger partial charge on any atom is -0.506 e. The summed E-state index contributed by atoms with van der Waals surface area (Å²) < 4.78 is 5.30. The van der Waals surface area contributed by atoms with Gasteiger partial charge in [0.1, 0.15) is 11.5 Å². The van der Waals surface area contributed by atoms with Crippen molar-refractivity contribution in [3.63, 3.8) is 0 Å². The van der Waals surface area contributed by atoms with E-state index in [9.17, 15) is 9.90 Å². The van der Waals surface area contributed by atoms with Crippen LogP contribution in [0.2, 0.25) is 5.02 Å². The van der Waals surface area contributed by atoms with Gasteiger partial charge in [-0.15, -0.1) is 0 Å². The van der Waals surface area contributed by atoms with E-state index >= 15 is 0 Å². The molecule has 21 heavy (non-hydrogen) atoms. The van der Waals surface area contributed by atoms with Gasteiger partial charge in [0.15, 0.2) is 6.61 Å². The summed E-state index contributed by atoms with van der Waals surface area (Å²) in [5.41, 5.74) is 2.44. The van der Waals surface area contributed by atoms with Gasteiger partial charge in [-0.1, -0.05) is 17.7 Å². The molecule has 0 saturated carbocycles. The maximum absolute atomic E-state index is 11.3. The molecule has 0 spiro atoms. The summed E-state index contributed by atoms with van der Waals surface area (Å²) in [4.78, 5) is 11.3. The molecule has 2 aromatic rings. The van der Waals surface area contributed by atoms with E-state index in [1.165, 1.54) is 0 Å². The zero-order chi connectivity index (χ0) is 14.8. The van der Waals surface area contributed by atoms with Gasteiger partial charge in [-0.25, -0.2) is 0 Å². The molecule has 1 heterocycles. The Balaban J connectivity index is 1.72. The zero-order valence-corrected chi connectivity index (χ0v) is 11.8. The van der Waals surface area contributed by atoms with Crippen molar-refractivity contribution in [2.24, 2.45) is 0 Å². The summed E-state index contributed by atoms with van der Waals surface area (Å²) in [5, 5.41) is 15.7. The van der Waals surface area contributed by atoms with Gasteiger partial charge < -0.3 is 20.5 Å². The first-order valence-electron chi connectivity index (χ1n) is 6.40. The van der Waals surface area contributed by atoms with Gasteiger partial charge >= 0.3 is 0 Å². The van der Waals surface area contributed by atoms with Crippen LogP contribution in [0.3, 0.4) is 0 Å². The molecule has 108 valence electrons. The number of anilines is 2. The molecular weight excluding hydrogens is 292 g/mol. The van der Waals surface area contributed by atoms with Crippen LogP contribution in [0.5, 0.6) is 11.5 Å². The zero-order valence-electron chi connectivity index (χ0n) is 11.0. The predicted octanol–water partition coefficient (Wildman–Crippen LogP) is 2.99. The van der Waals surface area contributed by atoms with Crippen LogP contribution in [0, 0.1) is 0 Å². The highest BCUT2D eigenvalue weighted by molar-refractivity contribution is 6.32. The summed E-state index contributed by atoms with van der Waals surface area (Å²) in [6.07, 6.45) is 0. The van der Waals surface area contributed by atoms with E-state index < -0.39 is 0 Å². The molecule has 1 aliphatic rings. The molecule has 0 fully saturated rings. The van der Waals surface area contributed by atoms with Gasteiger partial charge in [0.25, 0.3) is 5.91 Å². The summed E-state index contributed by atoms with van der Waals surface area (Å²) in [7, 11) is 0. The molecule has 3 rings (SSSR count). The number of benzene rings is 2. The van der Waals surface area contributed by atoms with Gasteiger partial charge in [0, 0.05) is 12.2 Å². The lowest BCUT2D eigenvalue weighted by Crippen LogP contribution is -2.25. The number of halogens is 1. The summed E-state index contributed by atoms with van der Waals surface area (Å²) in [5.74, 6) is 0.562. The van der Waals surface area contributed by atoms with Crippen molar-refractivity contribution in [3.05, 3.63) is 47.0 Å². The first-order valence-corrected chi connectivity index (χ1v) is 6.77. The number of phenols is 1. The normalized spacial score (nSPS) is 13.1. The van der Waals surface area contributed by atoms with Gasteiger partial charge in [-0.3, -0.25) is 4.79 Å². The number of nitrogens with one attached hydrogen (secondary N) is 2. The Morgan fingerprint density at radius 3 is 2.95 bits per heavy atom. The molecule has 2 aromatic carbocycles. The van der Waals surface area contributed by atoms with Crippen LogP contribution in [0.25, 0.3) is 0 Å². The van der Waals surface area contributed by atoms with Crippen molar-refractivity contribution in [2.45, 2.75) is 6.54 Å². The molecule has 0 aromatic heterocycles. The quantitative estimate of drug-likeness (QED) is 0.815. The van der Waals surface area contributed by atoms with Gasteiger partial charge in [0.2, 0.25) is 0 Å². The molecule has 0 saturated heterocycles. The Bertz CT molecular complexity index is 703. The third kappa shape index (κ3) is 3.03. The van der Waals surface area contributed by atoms with Crippen molar-refractivity contribution in [1.82, 2.24) is 0 Å². The third-order valence-electron chi connectivity index (χ3n) is 3.12. The Kier molecular flexibility index (Phi) is 3.58. The Morgan fingerprint density at radius 2 is 2.14 bits per heavy atom. The lowest BCUT2D eigenvalue weighted by Gasteiger charge is -2.19. The van der Waals surface area contributed by atoms with Gasteiger partial charge in [-0.05, 0) is 35.9 Å². The number of fused-ring (bicyclic) bond motifs is 1. The second kappa shape index (κ2) is 5.54. The summed E-state index contributed by atoms with van der Waals surface area (Å²) in [6.45, 7) is 0.597. The van der Waals surface area contributed by atoms with Crippen LogP contribution in [-0.2, 0) is 11.3 Å². The molecule has 6 heteroatoms. The smallest absolute Gasteiger partial charge is 0.262 e. The van der Waals surface area contributed by atoms with E-state index in [1.807, 2.05) is 12.1 Å². The minimum absolute atomic E-state index is 0.0474. The molecule has 3 N–H and O–H groups in total. The SMILES string of the molecule is O=C1COc2ccc(NCc3ccc(O)c(Cl)c3)cc2N1. The fourth-order valence-corrected chi connectivity index (χ4v) is 2.26. The largest absolute Gasteiger partial charge is 0.506 e. The number of phenolic OH excluding ortho intramolecular Hbond substituents is 1. The predicted molar refractivity (Wildman–Crippen MR) is 81.0 cm³/mol. The number of rotatable bonds is 3. The van der Waals surface area contributed by atoms with Crippen molar-refractivity contribution >= 4 is 28.9 Å². The van der Waals surface area contributed by atoms with E-state index in [-0.39, 0.29) is 18.3 Å². The first-order chi connectivity index (χ1) is 10.1. The second-order valence-corrected chi connectivity index (χ2v) is 5.09. The third-order valence-corrected chi connectivity index (χ3v) is 3.42. The highest BCUT2D eigenvalue weighted by atomic mass is 35.5. The minimum atomic E-state index is -0.162. The number of hydrogen-bond donors (Lipinski definition) is 3. The lowest BCUT2D eigenvalue weighted by atomic mass is 10.2. The molecule has 0 aliphatic carbocycles. The van der Waals surface area contributed by atoms with Gasteiger partial charge in [-0.2, -0.15) is 0 Å². The number of carbonyl (C=O) groups is 1. The van der Waals surface area contributed by atoms with Crippen LogP contribution in [0.1, 0.15) is 5.56 Å². The lowest BCUT2D eigenvalue weighted by molar-refractivity contribution is -0.118. The van der Waals surface area contributed by atoms with E-state index in [0.717, 1.165) is 11.3 Å². The maximum atomic E-state index is 11.3. The average molecular weight is 305 g/mol. The van der Waals surface area contributed by atoms with Gasteiger partial charge in [0.05, 0.1) is 10.7 Å². The topological polar surface area (TPSA) is 70.6 Å². The molecule has 5 nitrogen and oxygen atoms in total. The number of amides is 1. The summed E-state index contributed by atoms with van der Waals surface area (Å²) in [6, 6.07) is 10.5. The number of ether oxygens (including phenoxy) is 1. The van der Waals surface area contributed by atoms with E-state index in [2.05, 4.69) is 10.6 Å². The molecule has 0 bridgehead atoms. The molecule has 0 radical (unpaired) electrons.